The smallest absolute Gasteiger partial charge is 0.0903 e. The highest BCUT2D eigenvalue weighted by Gasteiger charge is 2.29. The minimum absolute atomic E-state index is 0.162. The molecule has 0 bridgehead atoms. The van der Waals surface area contributed by atoms with Crippen LogP contribution < -0.4 is 0 Å². The van der Waals surface area contributed by atoms with Crippen LogP contribution in [0.25, 0.3) is 0 Å². The maximum absolute atomic E-state index is 4.74. The SMILES string of the molecule is CN=C1C(=NC)C(C(C)C=C/C=C(\C)C(C)(C)C)=C(C)C(C)=C1/C(C)=C/C=C(\C)C(C)(C)C. The predicted molar refractivity (Wildman–Crippen MR) is 151 cm³/mol. The molecule has 0 aromatic rings. The lowest BCUT2D eigenvalue weighted by molar-refractivity contribution is 0.504. The van der Waals surface area contributed by atoms with Gasteiger partial charge in [0.25, 0.3) is 0 Å². The topological polar surface area (TPSA) is 24.7 Å². The largest absolute Gasteiger partial charge is 0.286 e. The van der Waals surface area contributed by atoms with Gasteiger partial charge in [-0.1, -0.05) is 90.0 Å². The maximum Gasteiger partial charge on any atom is 0.0903 e. The average molecular weight is 449 g/mol. The van der Waals surface area contributed by atoms with Crippen LogP contribution in [0.4, 0.5) is 0 Å². The minimum Gasteiger partial charge on any atom is -0.286 e. The van der Waals surface area contributed by atoms with Gasteiger partial charge in [0.1, 0.15) is 0 Å². The molecule has 0 N–H and O–H groups in total. The number of allylic oxidation sites excluding steroid dienone is 12. The molecule has 2 heteroatoms. The monoisotopic (exact) mass is 448 g/mol. The molecular weight excluding hydrogens is 400 g/mol. The summed E-state index contributed by atoms with van der Waals surface area (Å²) in [5, 5.41) is 0. The summed E-state index contributed by atoms with van der Waals surface area (Å²) in [4.78, 5) is 9.47. The number of aliphatic imine (C=N–C) groups is 2. The van der Waals surface area contributed by atoms with Crippen LogP contribution in [-0.2, 0) is 0 Å². The molecule has 0 aromatic heterocycles. The van der Waals surface area contributed by atoms with E-state index in [0.717, 1.165) is 11.4 Å². The lowest BCUT2D eigenvalue weighted by Gasteiger charge is -2.29. The highest BCUT2D eigenvalue weighted by molar-refractivity contribution is 6.55. The Hall–Kier alpha value is -2.22. The molecule has 33 heavy (non-hydrogen) atoms. The van der Waals surface area contributed by atoms with Gasteiger partial charge >= 0.3 is 0 Å². The van der Waals surface area contributed by atoms with E-state index in [4.69, 9.17) is 9.98 Å². The first-order chi connectivity index (χ1) is 15.1. The summed E-state index contributed by atoms with van der Waals surface area (Å²) in [7, 11) is 3.76. The zero-order valence-electron chi connectivity index (χ0n) is 23.9. The Morgan fingerprint density at radius 1 is 0.727 bits per heavy atom. The second-order valence-electron chi connectivity index (χ2n) is 11.4. The van der Waals surface area contributed by atoms with Crippen molar-refractivity contribution in [3.63, 3.8) is 0 Å². The fourth-order valence-electron chi connectivity index (χ4n) is 3.77. The van der Waals surface area contributed by atoms with Crippen LogP contribution in [0.1, 0.15) is 83.1 Å². The average Bonchev–Trinajstić information content (AvgIpc) is 2.71. The van der Waals surface area contributed by atoms with Crippen molar-refractivity contribution in [2.24, 2.45) is 26.7 Å². The van der Waals surface area contributed by atoms with E-state index in [9.17, 15) is 0 Å². The third kappa shape index (κ3) is 7.13. The summed E-state index contributed by atoms with van der Waals surface area (Å²) in [6, 6.07) is 0. The van der Waals surface area contributed by atoms with E-state index < -0.39 is 0 Å². The van der Waals surface area contributed by atoms with Crippen molar-refractivity contribution in [3.05, 3.63) is 69.4 Å². The highest BCUT2D eigenvalue weighted by Crippen LogP contribution is 2.35. The molecule has 0 saturated heterocycles. The van der Waals surface area contributed by atoms with E-state index in [0.29, 0.717) is 0 Å². The zero-order valence-corrected chi connectivity index (χ0v) is 23.9. The molecule has 1 unspecified atom stereocenters. The van der Waals surface area contributed by atoms with E-state index in [-0.39, 0.29) is 16.7 Å². The molecule has 0 spiro atoms. The maximum atomic E-state index is 4.74. The van der Waals surface area contributed by atoms with Gasteiger partial charge in [0.15, 0.2) is 0 Å². The van der Waals surface area contributed by atoms with Crippen LogP contribution in [0.5, 0.6) is 0 Å². The fraction of sp³-hybridized carbons (Fsp3) is 0.548. The molecule has 0 fully saturated rings. The Kier molecular flexibility index (Phi) is 9.84. The van der Waals surface area contributed by atoms with Crippen molar-refractivity contribution in [1.29, 1.82) is 0 Å². The Bertz CT molecular complexity index is 985. The molecule has 1 rings (SSSR count). The molecule has 0 amide bonds. The Balaban J connectivity index is 3.58. The van der Waals surface area contributed by atoms with E-state index in [2.05, 4.69) is 113 Å². The second kappa shape index (κ2) is 11.3. The molecule has 0 heterocycles. The standard InChI is InChI=1S/C31H48N2/c1-20(16-15-17-22(3)30(7,8)9)26-24(5)25(6)27(29(33-14)28(26)32-13)21(2)18-19-23(4)31(10,11)12/h15-20H,1-14H3/b16-15?,21-18+,22-17+,23-19+,32-28?,33-29?. The fourth-order valence-corrected chi connectivity index (χ4v) is 3.77. The number of rotatable bonds is 5. The van der Waals surface area contributed by atoms with E-state index in [1.54, 1.807) is 0 Å². The predicted octanol–water partition coefficient (Wildman–Crippen LogP) is 8.90. The van der Waals surface area contributed by atoms with Gasteiger partial charge in [0.2, 0.25) is 0 Å². The lowest BCUT2D eigenvalue weighted by atomic mass is 9.77. The summed E-state index contributed by atoms with van der Waals surface area (Å²) in [6.45, 7) is 26.8. The molecule has 1 aliphatic carbocycles. The van der Waals surface area contributed by atoms with Crippen molar-refractivity contribution in [2.45, 2.75) is 83.1 Å². The summed E-state index contributed by atoms with van der Waals surface area (Å²) in [5.74, 6) is 0.244. The van der Waals surface area contributed by atoms with Gasteiger partial charge in [-0.25, -0.2) is 0 Å². The summed E-state index contributed by atoms with van der Waals surface area (Å²) >= 11 is 0. The quantitative estimate of drug-likeness (QED) is 0.296. The van der Waals surface area contributed by atoms with Crippen molar-refractivity contribution in [2.75, 3.05) is 14.1 Å². The van der Waals surface area contributed by atoms with Gasteiger partial charge in [0.05, 0.1) is 11.4 Å². The van der Waals surface area contributed by atoms with Crippen molar-refractivity contribution in [1.82, 2.24) is 0 Å². The van der Waals surface area contributed by atoms with Crippen LogP contribution in [0.2, 0.25) is 0 Å². The Morgan fingerprint density at radius 2 is 1.21 bits per heavy atom. The third-order valence-electron chi connectivity index (χ3n) is 7.05. The first-order valence-corrected chi connectivity index (χ1v) is 12.2. The van der Waals surface area contributed by atoms with Crippen LogP contribution in [0.3, 0.4) is 0 Å². The Morgan fingerprint density at radius 3 is 1.67 bits per heavy atom. The first kappa shape index (κ1) is 28.8. The van der Waals surface area contributed by atoms with Crippen LogP contribution >= 0.6 is 0 Å². The minimum atomic E-state index is 0.162. The van der Waals surface area contributed by atoms with E-state index >= 15 is 0 Å². The summed E-state index contributed by atoms with van der Waals surface area (Å²) in [5.41, 5.74) is 11.4. The van der Waals surface area contributed by atoms with Gasteiger partial charge in [-0.3, -0.25) is 9.98 Å². The Labute approximate surface area is 204 Å². The zero-order chi connectivity index (χ0) is 25.7. The second-order valence-corrected chi connectivity index (χ2v) is 11.4. The van der Waals surface area contributed by atoms with Gasteiger partial charge in [-0.05, 0) is 67.7 Å². The van der Waals surface area contributed by atoms with Gasteiger partial charge in [-0.2, -0.15) is 0 Å². The molecule has 0 radical (unpaired) electrons. The number of hydrogen-bond donors (Lipinski definition) is 0. The summed E-state index contributed by atoms with van der Waals surface area (Å²) in [6.07, 6.45) is 11.2. The van der Waals surface area contributed by atoms with E-state index in [1.807, 2.05) is 14.1 Å². The van der Waals surface area contributed by atoms with Gasteiger partial charge in [0, 0.05) is 25.6 Å². The van der Waals surface area contributed by atoms with Gasteiger partial charge in [-0.15, -0.1) is 0 Å². The van der Waals surface area contributed by atoms with Crippen molar-refractivity contribution in [3.8, 4) is 0 Å². The molecule has 0 aliphatic heterocycles. The number of hydrogen-bond acceptors (Lipinski definition) is 2. The van der Waals surface area contributed by atoms with Crippen molar-refractivity contribution < 1.29 is 0 Å². The van der Waals surface area contributed by atoms with Crippen LogP contribution in [0, 0.1) is 16.7 Å². The molecule has 1 atom stereocenters. The first-order valence-electron chi connectivity index (χ1n) is 12.2. The molecule has 0 saturated carbocycles. The van der Waals surface area contributed by atoms with E-state index in [1.165, 1.54) is 39.0 Å². The number of nitrogens with zero attached hydrogens (tertiary/aromatic N) is 2. The van der Waals surface area contributed by atoms with Gasteiger partial charge < -0.3 is 0 Å². The molecular formula is C31H48N2. The summed E-state index contributed by atoms with van der Waals surface area (Å²) < 4.78 is 0. The molecule has 1 aliphatic rings. The third-order valence-corrected chi connectivity index (χ3v) is 7.05. The molecule has 182 valence electrons. The molecule has 2 nitrogen and oxygen atoms in total. The molecule has 0 aromatic carbocycles. The van der Waals surface area contributed by atoms with Crippen molar-refractivity contribution >= 4 is 11.4 Å². The normalized spacial score (nSPS) is 21.2. The highest BCUT2D eigenvalue weighted by atomic mass is 14.8. The van der Waals surface area contributed by atoms with Crippen LogP contribution in [-0.4, -0.2) is 25.5 Å². The lowest BCUT2D eigenvalue weighted by Crippen LogP contribution is -2.29. The van der Waals surface area contributed by atoms with Crippen LogP contribution in [0.15, 0.2) is 79.4 Å².